The highest BCUT2D eigenvalue weighted by Gasteiger charge is 2.12. The number of phenols is 1. The van der Waals surface area contributed by atoms with Crippen molar-refractivity contribution in [2.24, 2.45) is 7.05 Å². The molecule has 0 unspecified atom stereocenters. The molecule has 100 valence electrons. The number of hydrogen-bond acceptors (Lipinski definition) is 3. The van der Waals surface area contributed by atoms with Gasteiger partial charge in [0.15, 0.2) is 0 Å². The molecule has 0 aliphatic rings. The van der Waals surface area contributed by atoms with Gasteiger partial charge in [-0.2, -0.15) is 5.10 Å². The van der Waals surface area contributed by atoms with Crippen LogP contribution in [0.4, 0.5) is 0 Å². The highest BCUT2D eigenvalue weighted by atomic mass is 35.5. The van der Waals surface area contributed by atoms with Gasteiger partial charge in [-0.1, -0.05) is 11.6 Å². The third-order valence-corrected chi connectivity index (χ3v) is 3.22. The zero-order valence-corrected chi connectivity index (χ0v) is 11.4. The summed E-state index contributed by atoms with van der Waals surface area (Å²) in [6.07, 6.45) is 1.71. The fourth-order valence-corrected chi connectivity index (χ4v) is 1.85. The smallest absolute Gasteiger partial charge is 0.255 e. The molecule has 2 aromatic rings. The van der Waals surface area contributed by atoms with Gasteiger partial charge >= 0.3 is 0 Å². The number of nitrogens with zero attached hydrogens (tertiary/aromatic N) is 2. The minimum Gasteiger partial charge on any atom is -0.507 e. The summed E-state index contributed by atoms with van der Waals surface area (Å²) in [7, 11) is 1.84. The molecule has 0 aliphatic heterocycles. The van der Waals surface area contributed by atoms with E-state index in [1.54, 1.807) is 16.9 Å². The first-order valence-electron chi connectivity index (χ1n) is 5.73. The van der Waals surface area contributed by atoms with Gasteiger partial charge < -0.3 is 10.4 Å². The molecule has 0 aliphatic carbocycles. The molecule has 0 bridgehead atoms. The first-order chi connectivity index (χ1) is 8.99. The van der Waals surface area contributed by atoms with Crippen molar-refractivity contribution in [1.82, 2.24) is 15.1 Å². The lowest BCUT2D eigenvalue weighted by Gasteiger charge is -2.07. The molecule has 2 N–H and O–H groups in total. The van der Waals surface area contributed by atoms with Gasteiger partial charge in [0.2, 0.25) is 0 Å². The van der Waals surface area contributed by atoms with Crippen LogP contribution in [-0.4, -0.2) is 20.8 Å². The number of nitrogens with one attached hydrogen (secondary N) is 1. The van der Waals surface area contributed by atoms with E-state index in [0.29, 0.717) is 11.6 Å². The van der Waals surface area contributed by atoms with Crippen molar-refractivity contribution in [3.8, 4) is 5.75 Å². The second kappa shape index (κ2) is 5.32. The molecule has 19 heavy (non-hydrogen) atoms. The SMILES string of the molecule is Cc1c(CNC(=O)c2ccc(Cl)cc2O)cnn1C. The molecule has 1 aromatic heterocycles. The molecule has 6 heteroatoms. The quantitative estimate of drug-likeness (QED) is 0.903. The van der Waals surface area contributed by atoms with E-state index in [1.807, 2.05) is 14.0 Å². The van der Waals surface area contributed by atoms with Crippen molar-refractivity contribution < 1.29 is 9.90 Å². The molecule has 1 aromatic carbocycles. The summed E-state index contributed by atoms with van der Waals surface area (Å²) in [6, 6.07) is 4.39. The number of carbonyl (C=O) groups is 1. The van der Waals surface area contributed by atoms with Crippen molar-refractivity contribution in [1.29, 1.82) is 0 Å². The van der Waals surface area contributed by atoms with Gasteiger partial charge in [-0.25, -0.2) is 0 Å². The molecule has 0 radical (unpaired) electrons. The summed E-state index contributed by atoms with van der Waals surface area (Å²) >= 11 is 5.72. The first-order valence-corrected chi connectivity index (χ1v) is 6.11. The minimum absolute atomic E-state index is 0.132. The normalized spacial score (nSPS) is 10.5. The van der Waals surface area contributed by atoms with Gasteiger partial charge in [-0.15, -0.1) is 0 Å². The van der Waals surface area contributed by atoms with Gasteiger partial charge in [0, 0.05) is 29.9 Å². The third kappa shape index (κ3) is 2.88. The minimum atomic E-state index is -0.350. The van der Waals surface area contributed by atoms with Crippen LogP contribution in [0.25, 0.3) is 0 Å². The average molecular weight is 280 g/mol. The van der Waals surface area contributed by atoms with Crippen molar-refractivity contribution in [3.05, 3.63) is 46.2 Å². The Balaban J connectivity index is 2.07. The maximum absolute atomic E-state index is 11.9. The maximum Gasteiger partial charge on any atom is 0.255 e. The second-order valence-corrected chi connectivity index (χ2v) is 4.66. The summed E-state index contributed by atoms with van der Waals surface area (Å²) in [4.78, 5) is 11.9. The number of benzene rings is 1. The van der Waals surface area contributed by atoms with E-state index >= 15 is 0 Å². The summed E-state index contributed by atoms with van der Waals surface area (Å²) in [5.74, 6) is -0.481. The Kier molecular flexibility index (Phi) is 3.76. The number of hydrogen-bond donors (Lipinski definition) is 2. The van der Waals surface area contributed by atoms with Crippen LogP contribution in [0.1, 0.15) is 21.6 Å². The highest BCUT2D eigenvalue weighted by molar-refractivity contribution is 6.30. The van der Waals surface area contributed by atoms with Crippen LogP contribution in [0.15, 0.2) is 24.4 Å². The van der Waals surface area contributed by atoms with E-state index in [0.717, 1.165) is 11.3 Å². The number of carbonyl (C=O) groups excluding carboxylic acids is 1. The third-order valence-electron chi connectivity index (χ3n) is 2.98. The standard InChI is InChI=1S/C13H14ClN3O2/c1-8-9(7-16-17(8)2)6-15-13(19)11-4-3-10(14)5-12(11)18/h3-5,7,18H,6H2,1-2H3,(H,15,19). The molecule has 1 heterocycles. The van der Waals surface area contributed by atoms with E-state index in [1.165, 1.54) is 12.1 Å². The monoisotopic (exact) mass is 279 g/mol. The number of amides is 1. The lowest BCUT2D eigenvalue weighted by atomic mass is 10.2. The van der Waals surface area contributed by atoms with Gasteiger partial charge in [0.05, 0.1) is 11.8 Å². The van der Waals surface area contributed by atoms with Crippen molar-refractivity contribution >= 4 is 17.5 Å². The zero-order valence-electron chi connectivity index (χ0n) is 10.6. The first kappa shape index (κ1) is 13.4. The van der Waals surface area contributed by atoms with E-state index < -0.39 is 0 Å². The molecule has 5 nitrogen and oxygen atoms in total. The summed E-state index contributed by atoms with van der Waals surface area (Å²) in [6.45, 7) is 2.29. The Bertz CT molecular complexity index is 622. The predicted molar refractivity (Wildman–Crippen MR) is 72.2 cm³/mol. The Labute approximate surface area is 115 Å². The van der Waals surface area contributed by atoms with Crippen LogP contribution in [-0.2, 0) is 13.6 Å². The number of aryl methyl sites for hydroxylation is 1. The second-order valence-electron chi connectivity index (χ2n) is 4.22. The van der Waals surface area contributed by atoms with Crippen molar-refractivity contribution in [2.45, 2.75) is 13.5 Å². The lowest BCUT2D eigenvalue weighted by molar-refractivity contribution is 0.0948. The number of aromatic nitrogens is 2. The number of phenolic OH excluding ortho intramolecular Hbond substituents is 1. The van der Waals surface area contributed by atoms with E-state index in [9.17, 15) is 9.90 Å². The van der Waals surface area contributed by atoms with Crippen LogP contribution in [0.2, 0.25) is 5.02 Å². The van der Waals surface area contributed by atoms with Crippen LogP contribution in [0.3, 0.4) is 0 Å². The molecule has 0 saturated carbocycles. The van der Waals surface area contributed by atoms with E-state index in [4.69, 9.17) is 11.6 Å². The van der Waals surface area contributed by atoms with Crippen LogP contribution in [0, 0.1) is 6.92 Å². The Morgan fingerprint density at radius 1 is 1.53 bits per heavy atom. The number of rotatable bonds is 3. The van der Waals surface area contributed by atoms with Crippen molar-refractivity contribution in [3.63, 3.8) is 0 Å². The van der Waals surface area contributed by atoms with Crippen LogP contribution < -0.4 is 5.32 Å². The largest absolute Gasteiger partial charge is 0.507 e. The summed E-state index contributed by atoms with van der Waals surface area (Å²) < 4.78 is 1.74. The molecule has 0 atom stereocenters. The van der Waals surface area contributed by atoms with Crippen LogP contribution >= 0.6 is 11.6 Å². The number of halogens is 1. The van der Waals surface area contributed by atoms with E-state index in [2.05, 4.69) is 10.4 Å². The lowest BCUT2D eigenvalue weighted by Crippen LogP contribution is -2.23. The Hall–Kier alpha value is -2.01. The van der Waals surface area contributed by atoms with Crippen molar-refractivity contribution in [2.75, 3.05) is 0 Å². The number of aromatic hydroxyl groups is 1. The molecule has 1 amide bonds. The fourth-order valence-electron chi connectivity index (χ4n) is 1.69. The summed E-state index contributed by atoms with van der Waals surface area (Å²) in [5.41, 5.74) is 2.12. The Morgan fingerprint density at radius 3 is 2.84 bits per heavy atom. The van der Waals surface area contributed by atoms with Crippen LogP contribution in [0.5, 0.6) is 5.75 Å². The topological polar surface area (TPSA) is 67.2 Å². The molecular formula is C13H14ClN3O2. The van der Waals surface area contributed by atoms with Gasteiger partial charge in [-0.3, -0.25) is 9.48 Å². The Morgan fingerprint density at radius 2 is 2.26 bits per heavy atom. The fraction of sp³-hybridized carbons (Fsp3) is 0.231. The van der Waals surface area contributed by atoms with E-state index in [-0.39, 0.29) is 17.2 Å². The molecule has 0 spiro atoms. The average Bonchev–Trinajstić information content (AvgIpc) is 2.67. The molecule has 2 rings (SSSR count). The molecule has 0 saturated heterocycles. The van der Waals surface area contributed by atoms with Gasteiger partial charge in [0.25, 0.3) is 5.91 Å². The van der Waals surface area contributed by atoms with Gasteiger partial charge in [-0.05, 0) is 25.1 Å². The van der Waals surface area contributed by atoms with Gasteiger partial charge in [0.1, 0.15) is 5.75 Å². The molecular weight excluding hydrogens is 266 g/mol. The zero-order chi connectivity index (χ0) is 14.0. The highest BCUT2D eigenvalue weighted by Crippen LogP contribution is 2.21. The maximum atomic E-state index is 11.9. The summed E-state index contributed by atoms with van der Waals surface area (Å²) in [5, 5.41) is 16.9. The predicted octanol–water partition coefficient (Wildman–Crippen LogP) is 2.02. The molecule has 0 fully saturated rings.